The summed E-state index contributed by atoms with van der Waals surface area (Å²) < 4.78 is 19.6. The van der Waals surface area contributed by atoms with Crippen molar-refractivity contribution in [1.29, 1.82) is 0 Å². The van der Waals surface area contributed by atoms with Gasteiger partial charge in [-0.1, -0.05) is 25.5 Å². The lowest BCUT2D eigenvalue weighted by molar-refractivity contribution is 0.0265. The molecule has 0 bridgehead atoms. The number of benzene rings is 1. The van der Waals surface area contributed by atoms with Crippen LogP contribution < -0.4 is 10.2 Å². The molecule has 0 radical (unpaired) electrons. The fraction of sp³-hybridized carbons (Fsp3) is 0.538. The monoisotopic (exact) mass is 239 g/mol. The molecule has 2 unspecified atom stereocenters. The predicted octanol–water partition coefficient (Wildman–Crippen LogP) is 2.89. The third-order valence-corrected chi connectivity index (χ3v) is 3.11. The van der Waals surface area contributed by atoms with Crippen LogP contribution in [-0.2, 0) is 4.84 Å². The average Bonchev–Trinajstić information content (AvgIpc) is 2.65. The Morgan fingerprint density at radius 3 is 2.88 bits per heavy atom. The van der Waals surface area contributed by atoms with E-state index in [2.05, 4.69) is 12.4 Å². The molecule has 1 aliphatic rings. The first-order valence-electron chi connectivity index (χ1n) is 5.93. The van der Waals surface area contributed by atoms with E-state index in [0.29, 0.717) is 11.3 Å². The topological polar surface area (TPSA) is 30.5 Å². The first-order valence-corrected chi connectivity index (χ1v) is 5.93. The molecule has 1 aromatic rings. The molecule has 17 heavy (non-hydrogen) atoms. The summed E-state index contributed by atoms with van der Waals surface area (Å²) in [5.41, 5.74) is 4.34. The summed E-state index contributed by atoms with van der Waals surface area (Å²) in [6.45, 7) is 3.82. The van der Waals surface area contributed by atoms with Crippen molar-refractivity contribution in [3.63, 3.8) is 0 Å². The number of hydrogen-bond donors (Lipinski definition) is 1. The Bertz CT molecular complexity index is 409. The lowest BCUT2D eigenvalue weighted by Gasteiger charge is -2.18. The van der Waals surface area contributed by atoms with E-state index in [1.54, 1.807) is 20.1 Å². The summed E-state index contributed by atoms with van der Waals surface area (Å²) in [4.78, 5) is 4.98. The second-order valence-electron chi connectivity index (χ2n) is 4.36. The number of ether oxygens (including phenoxy) is 1. The van der Waals surface area contributed by atoms with E-state index in [4.69, 9.17) is 9.57 Å². The Morgan fingerprint density at radius 1 is 1.47 bits per heavy atom. The van der Waals surface area contributed by atoms with Gasteiger partial charge in [-0.05, 0) is 18.9 Å². The SMILES string of the molecule is CCCC1Oc2c(ccc(C)c2F)C1NOC. The molecular formula is C13H18FNO2. The lowest BCUT2D eigenvalue weighted by atomic mass is 10.0. The van der Waals surface area contributed by atoms with Crippen LogP contribution in [-0.4, -0.2) is 13.2 Å². The Labute approximate surface area is 101 Å². The van der Waals surface area contributed by atoms with Gasteiger partial charge in [-0.25, -0.2) is 4.39 Å². The minimum Gasteiger partial charge on any atom is -0.485 e. The Kier molecular flexibility index (Phi) is 3.64. The number of aryl methyl sites for hydroxylation is 1. The molecule has 1 N–H and O–H groups in total. The molecule has 0 aliphatic carbocycles. The quantitative estimate of drug-likeness (QED) is 0.819. The van der Waals surface area contributed by atoms with Gasteiger partial charge in [-0.15, -0.1) is 0 Å². The van der Waals surface area contributed by atoms with Crippen molar-refractivity contribution >= 4 is 0 Å². The van der Waals surface area contributed by atoms with E-state index in [-0.39, 0.29) is 18.0 Å². The van der Waals surface area contributed by atoms with Crippen molar-refractivity contribution in [2.75, 3.05) is 7.11 Å². The van der Waals surface area contributed by atoms with Gasteiger partial charge >= 0.3 is 0 Å². The van der Waals surface area contributed by atoms with Crippen LogP contribution >= 0.6 is 0 Å². The van der Waals surface area contributed by atoms with Crippen molar-refractivity contribution in [3.05, 3.63) is 29.1 Å². The fourth-order valence-electron chi connectivity index (χ4n) is 2.23. The zero-order valence-corrected chi connectivity index (χ0v) is 10.4. The van der Waals surface area contributed by atoms with Crippen molar-refractivity contribution in [2.24, 2.45) is 0 Å². The van der Waals surface area contributed by atoms with E-state index in [1.165, 1.54) is 0 Å². The van der Waals surface area contributed by atoms with Crippen molar-refractivity contribution in [3.8, 4) is 5.75 Å². The summed E-state index contributed by atoms with van der Waals surface area (Å²) in [5, 5.41) is 0. The molecule has 0 aromatic heterocycles. The van der Waals surface area contributed by atoms with Crippen LogP contribution in [0.25, 0.3) is 0 Å². The Balaban J connectivity index is 2.35. The van der Waals surface area contributed by atoms with Crippen LogP contribution in [0, 0.1) is 12.7 Å². The maximum atomic E-state index is 13.9. The number of hydrogen-bond acceptors (Lipinski definition) is 3. The highest BCUT2D eigenvalue weighted by molar-refractivity contribution is 5.44. The zero-order valence-electron chi connectivity index (χ0n) is 10.4. The first kappa shape index (κ1) is 12.3. The summed E-state index contributed by atoms with van der Waals surface area (Å²) in [7, 11) is 1.56. The van der Waals surface area contributed by atoms with Gasteiger partial charge in [0.15, 0.2) is 11.6 Å². The Morgan fingerprint density at radius 2 is 2.24 bits per heavy atom. The summed E-state index contributed by atoms with van der Waals surface area (Å²) in [6, 6.07) is 3.58. The van der Waals surface area contributed by atoms with Crippen molar-refractivity contribution in [1.82, 2.24) is 5.48 Å². The van der Waals surface area contributed by atoms with E-state index in [9.17, 15) is 4.39 Å². The highest BCUT2D eigenvalue weighted by atomic mass is 19.1. The van der Waals surface area contributed by atoms with Gasteiger partial charge in [0.2, 0.25) is 0 Å². The van der Waals surface area contributed by atoms with Crippen LogP contribution in [0.5, 0.6) is 5.75 Å². The second kappa shape index (κ2) is 5.02. The molecule has 94 valence electrons. The summed E-state index contributed by atoms with van der Waals surface area (Å²) >= 11 is 0. The normalized spacial score (nSPS) is 22.4. The molecule has 0 amide bonds. The molecule has 2 rings (SSSR count). The number of hydroxylamine groups is 1. The van der Waals surface area contributed by atoms with E-state index >= 15 is 0 Å². The molecule has 1 aromatic carbocycles. The molecule has 0 saturated heterocycles. The Hall–Kier alpha value is -1.13. The second-order valence-corrected chi connectivity index (χ2v) is 4.36. The third kappa shape index (κ3) is 2.15. The molecule has 0 fully saturated rings. The fourth-order valence-corrected chi connectivity index (χ4v) is 2.23. The van der Waals surface area contributed by atoms with Gasteiger partial charge in [0, 0.05) is 5.56 Å². The standard InChI is InChI=1S/C13H18FNO2/c1-4-5-10-12(15-16-3)9-7-6-8(2)11(14)13(9)17-10/h6-7,10,12,15H,4-5H2,1-3H3. The van der Waals surface area contributed by atoms with Crippen LogP contribution in [0.4, 0.5) is 4.39 Å². The molecule has 4 heteroatoms. The zero-order chi connectivity index (χ0) is 12.4. The molecule has 1 aliphatic heterocycles. The third-order valence-electron chi connectivity index (χ3n) is 3.11. The van der Waals surface area contributed by atoms with E-state index in [1.807, 2.05) is 6.07 Å². The van der Waals surface area contributed by atoms with E-state index < -0.39 is 0 Å². The van der Waals surface area contributed by atoms with Crippen LogP contribution in [0.3, 0.4) is 0 Å². The molecular weight excluding hydrogens is 221 g/mol. The maximum absolute atomic E-state index is 13.9. The number of halogens is 1. The smallest absolute Gasteiger partial charge is 0.168 e. The minimum absolute atomic E-state index is 0.0637. The molecule has 0 spiro atoms. The van der Waals surface area contributed by atoms with Crippen LogP contribution in [0.15, 0.2) is 12.1 Å². The minimum atomic E-state index is -0.260. The van der Waals surface area contributed by atoms with Gasteiger partial charge in [0.1, 0.15) is 6.10 Å². The molecule has 1 heterocycles. The van der Waals surface area contributed by atoms with E-state index in [0.717, 1.165) is 18.4 Å². The maximum Gasteiger partial charge on any atom is 0.168 e. The van der Waals surface area contributed by atoms with Gasteiger partial charge < -0.3 is 9.57 Å². The highest BCUT2D eigenvalue weighted by Gasteiger charge is 2.36. The number of nitrogens with one attached hydrogen (secondary N) is 1. The van der Waals surface area contributed by atoms with Gasteiger partial charge in [-0.2, -0.15) is 5.48 Å². The van der Waals surface area contributed by atoms with Crippen LogP contribution in [0.2, 0.25) is 0 Å². The van der Waals surface area contributed by atoms with Gasteiger partial charge in [0.05, 0.1) is 13.2 Å². The summed E-state index contributed by atoms with van der Waals surface area (Å²) in [6.07, 6.45) is 1.79. The van der Waals surface area contributed by atoms with Crippen LogP contribution in [0.1, 0.15) is 36.9 Å². The lowest BCUT2D eigenvalue weighted by Crippen LogP contribution is -2.30. The molecule has 0 saturated carbocycles. The number of fused-ring (bicyclic) bond motifs is 1. The van der Waals surface area contributed by atoms with Crippen molar-refractivity contribution in [2.45, 2.75) is 38.8 Å². The van der Waals surface area contributed by atoms with Crippen molar-refractivity contribution < 1.29 is 14.0 Å². The summed E-state index contributed by atoms with van der Waals surface area (Å²) in [5.74, 6) is 0.113. The molecule has 3 nitrogen and oxygen atoms in total. The highest BCUT2D eigenvalue weighted by Crippen LogP contribution is 2.41. The number of rotatable bonds is 4. The average molecular weight is 239 g/mol. The predicted molar refractivity (Wildman–Crippen MR) is 63.3 cm³/mol. The first-order chi connectivity index (χ1) is 8.19. The largest absolute Gasteiger partial charge is 0.485 e. The van der Waals surface area contributed by atoms with Gasteiger partial charge in [0.25, 0.3) is 0 Å². The van der Waals surface area contributed by atoms with Gasteiger partial charge in [-0.3, -0.25) is 0 Å². The molecule has 2 atom stereocenters.